The standard InChI is InChI=1S/C13H19N3O.2ClH/c1-16(10-12-4-2-3-7-15-12)13(17)11-5-8-14-9-6-11;;/h2-4,7,11,14H,5-6,8-10H2,1H3;2*1H. The molecule has 1 aliphatic heterocycles. The predicted octanol–water partition coefficient (Wildman–Crippen LogP) is 1.88. The van der Waals surface area contributed by atoms with Crippen LogP contribution in [0.4, 0.5) is 0 Å². The number of piperidine rings is 1. The smallest absolute Gasteiger partial charge is 0.225 e. The van der Waals surface area contributed by atoms with E-state index in [1.807, 2.05) is 25.2 Å². The fourth-order valence-electron chi connectivity index (χ4n) is 2.19. The molecule has 0 bridgehead atoms. The van der Waals surface area contributed by atoms with Gasteiger partial charge in [0.25, 0.3) is 0 Å². The Bertz CT molecular complexity index is 369. The molecule has 0 atom stereocenters. The predicted molar refractivity (Wildman–Crippen MR) is 80.8 cm³/mol. The molecule has 4 nitrogen and oxygen atoms in total. The van der Waals surface area contributed by atoms with Crippen LogP contribution < -0.4 is 5.32 Å². The van der Waals surface area contributed by atoms with Gasteiger partial charge in [0.1, 0.15) is 0 Å². The number of carbonyl (C=O) groups is 1. The highest BCUT2D eigenvalue weighted by molar-refractivity contribution is 5.85. The summed E-state index contributed by atoms with van der Waals surface area (Å²) in [4.78, 5) is 18.2. The Kier molecular flexibility index (Phi) is 8.72. The van der Waals surface area contributed by atoms with Gasteiger partial charge in [-0.15, -0.1) is 24.8 Å². The van der Waals surface area contributed by atoms with Crippen molar-refractivity contribution in [3.63, 3.8) is 0 Å². The number of rotatable bonds is 3. The van der Waals surface area contributed by atoms with Crippen LogP contribution in [0.2, 0.25) is 0 Å². The van der Waals surface area contributed by atoms with Crippen molar-refractivity contribution in [2.24, 2.45) is 5.92 Å². The highest BCUT2D eigenvalue weighted by Gasteiger charge is 2.23. The molecule has 0 saturated carbocycles. The summed E-state index contributed by atoms with van der Waals surface area (Å²) < 4.78 is 0. The van der Waals surface area contributed by atoms with E-state index in [9.17, 15) is 4.79 Å². The third kappa shape index (κ3) is 5.35. The number of pyridine rings is 1. The zero-order valence-electron chi connectivity index (χ0n) is 11.0. The maximum Gasteiger partial charge on any atom is 0.225 e. The Labute approximate surface area is 126 Å². The molecular weight excluding hydrogens is 285 g/mol. The molecule has 0 aliphatic carbocycles. The summed E-state index contributed by atoms with van der Waals surface area (Å²) in [6.07, 6.45) is 3.66. The van der Waals surface area contributed by atoms with Gasteiger partial charge in [-0.1, -0.05) is 6.07 Å². The van der Waals surface area contributed by atoms with E-state index in [1.54, 1.807) is 11.1 Å². The Morgan fingerprint density at radius 1 is 1.37 bits per heavy atom. The first kappa shape index (κ1) is 18.2. The molecule has 6 heteroatoms. The van der Waals surface area contributed by atoms with E-state index in [4.69, 9.17) is 0 Å². The lowest BCUT2D eigenvalue weighted by Gasteiger charge is -2.26. The quantitative estimate of drug-likeness (QED) is 0.927. The van der Waals surface area contributed by atoms with Crippen LogP contribution in [0.25, 0.3) is 0 Å². The summed E-state index contributed by atoms with van der Waals surface area (Å²) in [6, 6.07) is 5.79. The molecule has 1 aliphatic rings. The molecule has 1 fully saturated rings. The normalized spacial score (nSPS) is 15.0. The summed E-state index contributed by atoms with van der Waals surface area (Å²) in [5, 5.41) is 3.28. The van der Waals surface area contributed by atoms with Crippen LogP contribution in [-0.2, 0) is 11.3 Å². The van der Waals surface area contributed by atoms with E-state index in [0.29, 0.717) is 6.54 Å². The molecule has 1 N–H and O–H groups in total. The van der Waals surface area contributed by atoms with Crippen LogP contribution in [0.1, 0.15) is 18.5 Å². The highest BCUT2D eigenvalue weighted by atomic mass is 35.5. The lowest BCUT2D eigenvalue weighted by molar-refractivity contribution is -0.135. The Morgan fingerprint density at radius 2 is 2.05 bits per heavy atom. The largest absolute Gasteiger partial charge is 0.340 e. The molecule has 2 rings (SSSR count). The number of hydrogen-bond donors (Lipinski definition) is 1. The number of aromatic nitrogens is 1. The summed E-state index contributed by atoms with van der Waals surface area (Å²) in [5.41, 5.74) is 0.942. The second-order valence-electron chi connectivity index (χ2n) is 4.54. The van der Waals surface area contributed by atoms with E-state index >= 15 is 0 Å². The van der Waals surface area contributed by atoms with Crippen molar-refractivity contribution in [2.75, 3.05) is 20.1 Å². The summed E-state index contributed by atoms with van der Waals surface area (Å²) in [5.74, 6) is 0.433. The minimum Gasteiger partial charge on any atom is -0.340 e. The molecule has 0 aromatic carbocycles. The second-order valence-corrected chi connectivity index (χ2v) is 4.54. The van der Waals surface area contributed by atoms with E-state index in [2.05, 4.69) is 10.3 Å². The van der Waals surface area contributed by atoms with E-state index in [1.165, 1.54) is 0 Å². The third-order valence-corrected chi connectivity index (χ3v) is 3.19. The van der Waals surface area contributed by atoms with Crippen LogP contribution in [0.15, 0.2) is 24.4 Å². The molecular formula is C13H21Cl2N3O. The highest BCUT2D eigenvalue weighted by Crippen LogP contribution is 2.15. The van der Waals surface area contributed by atoms with Gasteiger partial charge in [0.15, 0.2) is 0 Å². The topological polar surface area (TPSA) is 45.2 Å². The van der Waals surface area contributed by atoms with E-state index < -0.39 is 0 Å². The minimum absolute atomic E-state index is 0. The zero-order chi connectivity index (χ0) is 12.1. The fraction of sp³-hybridized carbons (Fsp3) is 0.538. The number of halogens is 2. The van der Waals surface area contributed by atoms with Crippen LogP contribution in [-0.4, -0.2) is 35.9 Å². The maximum atomic E-state index is 12.2. The maximum absolute atomic E-state index is 12.2. The van der Waals surface area contributed by atoms with Gasteiger partial charge in [0.2, 0.25) is 5.91 Å². The first-order valence-corrected chi connectivity index (χ1v) is 6.13. The van der Waals surface area contributed by atoms with Gasteiger partial charge in [0.05, 0.1) is 12.2 Å². The SMILES string of the molecule is CN(Cc1ccccn1)C(=O)C1CCNCC1.Cl.Cl. The summed E-state index contributed by atoms with van der Waals surface area (Å²) >= 11 is 0. The number of carbonyl (C=O) groups excluding carboxylic acids is 1. The lowest BCUT2D eigenvalue weighted by Crippen LogP contribution is -2.39. The molecule has 0 unspecified atom stereocenters. The van der Waals surface area contributed by atoms with Crippen LogP contribution >= 0.6 is 24.8 Å². The average Bonchev–Trinajstić information content (AvgIpc) is 2.40. The van der Waals surface area contributed by atoms with Crippen molar-refractivity contribution in [3.05, 3.63) is 30.1 Å². The third-order valence-electron chi connectivity index (χ3n) is 3.19. The van der Waals surface area contributed by atoms with E-state index in [-0.39, 0.29) is 36.6 Å². The molecule has 1 amide bonds. The molecule has 1 saturated heterocycles. The monoisotopic (exact) mass is 305 g/mol. The molecule has 1 aromatic heterocycles. The van der Waals surface area contributed by atoms with Gasteiger partial charge in [0, 0.05) is 19.2 Å². The molecule has 1 aromatic rings. The Hall–Kier alpha value is -0.840. The van der Waals surface area contributed by atoms with Crippen molar-refractivity contribution >= 4 is 30.7 Å². The number of amides is 1. The van der Waals surface area contributed by atoms with E-state index in [0.717, 1.165) is 31.6 Å². The van der Waals surface area contributed by atoms with Gasteiger partial charge in [-0.25, -0.2) is 0 Å². The number of hydrogen-bond acceptors (Lipinski definition) is 3. The van der Waals surface area contributed by atoms with Gasteiger partial charge < -0.3 is 10.2 Å². The van der Waals surface area contributed by atoms with Crippen LogP contribution in [0, 0.1) is 5.92 Å². The molecule has 19 heavy (non-hydrogen) atoms. The van der Waals surface area contributed by atoms with Crippen molar-refractivity contribution in [1.82, 2.24) is 15.2 Å². The average molecular weight is 306 g/mol. The van der Waals surface area contributed by atoms with Crippen molar-refractivity contribution in [3.8, 4) is 0 Å². The van der Waals surface area contributed by atoms with Crippen LogP contribution in [0.5, 0.6) is 0 Å². The van der Waals surface area contributed by atoms with Gasteiger partial charge >= 0.3 is 0 Å². The first-order valence-electron chi connectivity index (χ1n) is 6.13. The van der Waals surface area contributed by atoms with Crippen molar-refractivity contribution in [1.29, 1.82) is 0 Å². The molecule has 0 spiro atoms. The Balaban J connectivity index is 0.00000162. The van der Waals surface area contributed by atoms with Crippen molar-refractivity contribution < 1.29 is 4.79 Å². The number of nitrogens with zero attached hydrogens (tertiary/aromatic N) is 2. The molecule has 108 valence electrons. The molecule has 0 radical (unpaired) electrons. The second kappa shape index (κ2) is 9.13. The zero-order valence-corrected chi connectivity index (χ0v) is 12.7. The van der Waals surface area contributed by atoms with Crippen LogP contribution in [0.3, 0.4) is 0 Å². The number of nitrogens with one attached hydrogen (secondary N) is 1. The van der Waals surface area contributed by atoms with Gasteiger partial charge in [-0.05, 0) is 38.1 Å². The summed E-state index contributed by atoms with van der Waals surface area (Å²) in [6.45, 7) is 2.51. The fourth-order valence-corrected chi connectivity index (χ4v) is 2.19. The first-order chi connectivity index (χ1) is 8.27. The summed E-state index contributed by atoms with van der Waals surface area (Å²) in [7, 11) is 1.86. The minimum atomic E-state index is 0. The van der Waals surface area contributed by atoms with Crippen molar-refractivity contribution in [2.45, 2.75) is 19.4 Å². The Morgan fingerprint density at radius 3 is 2.63 bits per heavy atom. The molecule has 2 heterocycles. The lowest BCUT2D eigenvalue weighted by atomic mass is 9.97. The van der Waals surface area contributed by atoms with Gasteiger partial charge in [-0.2, -0.15) is 0 Å². The van der Waals surface area contributed by atoms with Gasteiger partial charge in [-0.3, -0.25) is 9.78 Å².